The maximum absolute atomic E-state index is 12.7. The molecule has 0 aliphatic carbocycles. The molecule has 0 radical (unpaired) electrons. The van der Waals surface area contributed by atoms with Gasteiger partial charge in [0.05, 0.1) is 26.1 Å². The van der Waals surface area contributed by atoms with Crippen LogP contribution in [0.15, 0.2) is 43.0 Å². The molecule has 4 heterocycles. The van der Waals surface area contributed by atoms with Crippen molar-refractivity contribution < 1.29 is 85.2 Å². The van der Waals surface area contributed by atoms with Gasteiger partial charge in [0.25, 0.3) is 0 Å². The molecule has 8 atom stereocenters. The number of nitrogens with two attached hydrogens (primary N) is 1. The molecule has 0 bridgehead atoms. The van der Waals surface area contributed by atoms with E-state index in [1.807, 2.05) is 18.2 Å². The first kappa shape index (κ1) is 51.7. The molecule has 29 heteroatoms. The molecule has 0 saturated carbocycles. The Labute approximate surface area is 370 Å². The number of amides is 2. The Hall–Kier alpha value is -3.26. The summed E-state index contributed by atoms with van der Waals surface area (Å²) in [6.45, 7) is 0.833. The summed E-state index contributed by atoms with van der Waals surface area (Å²) in [5.74, 6) is -1.15. The zero-order valence-electron chi connectivity index (χ0n) is 34.6. The molecule has 25 nitrogen and oxygen atoms in total. The number of phosphoric acid groups is 3. The quantitative estimate of drug-likeness (QED) is 0.0310. The summed E-state index contributed by atoms with van der Waals surface area (Å²) in [7, 11) is -16.4. The van der Waals surface area contributed by atoms with Crippen molar-refractivity contribution in [2.75, 3.05) is 44.4 Å². The normalized spacial score (nSPS) is 23.6. The molecule has 1 aromatic carbocycles. The lowest BCUT2D eigenvalue weighted by atomic mass is 9.87. The standard InChI is InChI=1S/C35H52N7O18P3S/c1-34(2,28(45)31(46)38-14-12-24(43)37-15-16-64-33(47)35(19-55-35)13-8-4-7-11-22-9-5-3-6-10-22)18-57-63(53,54)60-62(51,52)56-17-23-27(59-61(48,49)50)26(44)32(58-23)42-21-41-25-29(36)39-20-40-30(25)42/h3,5-6,9-10,20-21,23,26-28,32,44-45H,4,7-8,11-19H2,1-2H3,(H,37,43)(H,38,46)(H,51,52)(H,53,54)(H2,36,39,40)(H2,48,49,50)/t23-,26-,27-,28?,32-,35?/m1/s1. The van der Waals surface area contributed by atoms with Gasteiger partial charge in [-0.05, 0) is 31.2 Å². The van der Waals surface area contributed by atoms with Crippen LogP contribution >= 0.6 is 35.2 Å². The third-order valence-corrected chi connectivity index (χ3v) is 14.1. The second-order valence-corrected chi connectivity index (χ2v) is 20.8. The van der Waals surface area contributed by atoms with Gasteiger partial charge in [-0.15, -0.1) is 0 Å². The maximum Gasteiger partial charge on any atom is 0.481 e. The van der Waals surface area contributed by atoms with Gasteiger partial charge in [0.1, 0.15) is 36.3 Å². The van der Waals surface area contributed by atoms with Crippen LogP contribution in [0.4, 0.5) is 5.82 Å². The highest BCUT2D eigenvalue weighted by molar-refractivity contribution is 8.13. The van der Waals surface area contributed by atoms with Gasteiger partial charge in [-0.25, -0.2) is 28.6 Å². The highest BCUT2D eigenvalue weighted by Gasteiger charge is 2.52. The van der Waals surface area contributed by atoms with Crippen molar-refractivity contribution in [3.05, 3.63) is 48.5 Å². The van der Waals surface area contributed by atoms with Crippen LogP contribution in [0.1, 0.15) is 57.7 Å². The number of nitrogen functional groups attached to an aromatic ring is 1. The third kappa shape index (κ3) is 14.9. The van der Waals surface area contributed by atoms with Crippen LogP contribution < -0.4 is 16.4 Å². The number of epoxide rings is 1. The Morgan fingerprint density at radius 1 is 1.02 bits per heavy atom. The van der Waals surface area contributed by atoms with Crippen LogP contribution in [0.25, 0.3) is 11.2 Å². The van der Waals surface area contributed by atoms with Crippen LogP contribution in [0.5, 0.6) is 0 Å². The molecule has 3 aromatic rings. The average Bonchev–Trinajstić information content (AvgIpc) is 3.80. The highest BCUT2D eigenvalue weighted by Crippen LogP contribution is 2.61. The molecule has 2 amide bonds. The van der Waals surface area contributed by atoms with Crippen LogP contribution in [-0.4, -0.2) is 135 Å². The molecule has 356 valence electrons. The fraction of sp³-hybridized carbons (Fsp3) is 0.600. The van der Waals surface area contributed by atoms with Gasteiger partial charge < -0.3 is 55.6 Å². The summed E-state index contributed by atoms with van der Waals surface area (Å²) in [4.78, 5) is 88.9. The molecule has 2 saturated heterocycles. The molecule has 2 aromatic heterocycles. The Kier molecular flexibility index (Phi) is 17.8. The Balaban J connectivity index is 0.991. The number of hydrogen-bond acceptors (Lipinski definition) is 19. The van der Waals surface area contributed by atoms with Crippen molar-refractivity contribution in [1.29, 1.82) is 0 Å². The minimum atomic E-state index is -5.58. The van der Waals surface area contributed by atoms with Crippen molar-refractivity contribution in [2.24, 2.45) is 5.41 Å². The van der Waals surface area contributed by atoms with Gasteiger partial charge in [0.2, 0.25) is 16.9 Å². The fourth-order valence-electron chi connectivity index (χ4n) is 6.42. The van der Waals surface area contributed by atoms with E-state index in [1.165, 1.54) is 19.4 Å². The van der Waals surface area contributed by atoms with Crippen LogP contribution in [0, 0.1) is 5.41 Å². The maximum atomic E-state index is 12.7. The number of aliphatic hydroxyl groups is 2. The number of phosphoric ester groups is 3. The van der Waals surface area contributed by atoms with Crippen molar-refractivity contribution >= 4 is 69.1 Å². The monoisotopic (exact) mass is 983 g/mol. The number of fused-ring (bicyclic) bond motifs is 1. The van der Waals surface area contributed by atoms with E-state index >= 15 is 0 Å². The summed E-state index contributed by atoms with van der Waals surface area (Å²) in [5.41, 5.74) is 4.77. The van der Waals surface area contributed by atoms with Gasteiger partial charge in [0, 0.05) is 30.7 Å². The van der Waals surface area contributed by atoms with E-state index < -0.39 is 90.2 Å². The number of aliphatic hydroxyl groups excluding tert-OH is 2. The van der Waals surface area contributed by atoms with Crippen molar-refractivity contribution in [2.45, 2.75) is 88.6 Å². The van der Waals surface area contributed by atoms with Crippen molar-refractivity contribution in [1.82, 2.24) is 30.2 Å². The summed E-state index contributed by atoms with van der Waals surface area (Å²) in [6.07, 6.45) is -2.50. The molecule has 2 fully saturated rings. The summed E-state index contributed by atoms with van der Waals surface area (Å²) >= 11 is 1.08. The first-order valence-electron chi connectivity index (χ1n) is 19.8. The number of nitrogens with one attached hydrogen (secondary N) is 2. The van der Waals surface area contributed by atoms with E-state index in [2.05, 4.69) is 46.6 Å². The second kappa shape index (κ2) is 22.0. The zero-order valence-corrected chi connectivity index (χ0v) is 38.1. The molecule has 2 aliphatic rings. The smallest absolute Gasteiger partial charge is 0.386 e. The number of ether oxygens (including phenoxy) is 2. The van der Waals surface area contributed by atoms with E-state index in [0.717, 1.165) is 54.7 Å². The number of unbranched alkanes of at least 4 members (excludes halogenated alkanes) is 2. The van der Waals surface area contributed by atoms with Gasteiger partial charge in [-0.1, -0.05) is 62.4 Å². The van der Waals surface area contributed by atoms with Crippen molar-refractivity contribution in [3.8, 4) is 0 Å². The Morgan fingerprint density at radius 3 is 2.41 bits per heavy atom. The predicted molar refractivity (Wildman–Crippen MR) is 224 cm³/mol. The van der Waals surface area contributed by atoms with Gasteiger partial charge in [0.15, 0.2) is 23.3 Å². The molecule has 5 rings (SSSR count). The number of rotatable bonds is 26. The average molecular weight is 984 g/mol. The van der Waals surface area contributed by atoms with Gasteiger partial charge in [-0.2, -0.15) is 4.31 Å². The van der Waals surface area contributed by atoms with E-state index in [1.54, 1.807) is 0 Å². The molecular formula is C35H52N7O18P3S. The largest absolute Gasteiger partial charge is 0.481 e. The number of carbonyl (C=O) groups excluding carboxylic acids is 3. The Bertz CT molecular complexity index is 2230. The zero-order chi connectivity index (χ0) is 46.9. The lowest BCUT2D eigenvalue weighted by Gasteiger charge is -2.30. The van der Waals surface area contributed by atoms with Gasteiger partial charge >= 0.3 is 23.5 Å². The number of aryl methyl sites for hydroxylation is 1. The van der Waals surface area contributed by atoms with E-state index in [0.29, 0.717) is 18.8 Å². The fourth-order valence-corrected chi connectivity index (χ4v) is 10.1. The number of carbonyl (C=O) groups is 3. The topological polar surface area (TPSA) is 376 Å². The molecule has 64 heavy (non-hydrogen) atoms. The number of hydrogen-bond donors (Lipinski definition) is 9. The lowest BCUT2D eigenvalue weighted by molar-refractivity contribution is -0.137. The molecule has 0 spiro atoms. The van der Waals surface area contributed by atoms with E-state index in [9.17, 15) is 57.9 Å². The van der Waals surface area contributed by atoms with E-state index in [-0.39, 0.29) is 41.6 Å². The summed E-state index contributed by atoms with van der Waals surface area (Å²) in [6, 6.07) is 10.2. The third-order valence-electron chi connectivity index (χ3n) is 9.99. The molecule has 10 N–H and O–H groups in total. The van der Waals surface area contributed by atoms with Crippen LogP contribution in [-0.2, 0) is 61.9 Å². The number of imidazole rings is 1. The van der Waals surface area contributed by atoms with Crippen LogP contribution in [0.2, 0.25) is 0 Å². The first-order valence-corrected chi connectivity index (χ1v) is 25.3. The van der Waals surface area contributed by atoms with Crippen LogP contribution in [0.3, 0.4) is 0 Å². The van der Waals surface area contributed by atoms with Crippen molar-refractivity contribution in [3.63, 3.8) is 0 Å². The SMILES string of the molecule is CC(C)(COP(=O)(O)OP(=O)(O)OC[C@H]1O[C@@H](n2cnc3c(N)ncnc32)[C@H](O)[C@@H]1OP(=O)(O)O)C(O)C(=O)NCCC(=O)NCCSC(=O)C1(CCCCCc2ccccc2)CO1. The molecule has 4 unspecified atom stereocenters. The molecule has 2 aliphatic heterocycles. The minimum Gasteiger partial charge on any atom is -0.386 e. The first-order chi connectivity index (χ1) is 30.0. The van der Waals surface area contributed by atoms with E-state index in [4.69, 9.17) is 24.3 Å². The predicted octanol–water partition coefficient (Wildman–Crippen LogP) is 1.24. The number of nitrogens with zero attached hydrogens (tertiary/aromatic N) is 4. The molecular weight excluding hydrogens is 931 g/mol. The summed E-state index contributed by atoms with van der Waals surface area (Å²) in [5, 5.41) is 26.5. The summed E-state index contributed by atoms with van der Waals surface area (Å²) < 4.78 is 67.9. The number of thioether (sulfide) groups is 1. The number of benzene rings is 1. The van der Waals surface area contributed by atoms with Gasteiger partial charge in [-0.3, -0.25) is 32.5 Å². The number of anilines is 1. The Morgan fingerprint density at radius 2 is 1.72 bits per heavy atom. The highest BCUT2D eigenvalue weighted by atomic mass is 32.2. The second-order valence-electron chi connectivity index (χ2n) is 15.5. The lowest BCUT2D eigenvalue weighted by Crippen LogP contribution is -2.46. The minimum absolute atomic E-state index is 0.0292. The number of aromatic nitrogens is 4.